The van der Waals surface area contributed by atoms with Crippen molar-refractivity contribution in [3.05, 3.63) is 71.8 Å². The molecule has 1 amide bonds. The van der Waals surface area contributed by atoms with Crippen LogP contribution in [0.2, 0.25) is 0 Å². The lowest BCUT2D eigenvalue weighted by atomic mass is 9.84. The molecule has 3 N–H and O–H groups in total. The van der Waals surface area contributed by atoms with Crippen molar-refractivity contribution >= 4 is 18.3 Å². The third-order valence-corrected chi connectivity index (χ3v) is 4.01. The average Bonchev–Trinajstić information content (AvgIpc) is 2.56. The number of hydrogen-bond donors (Lipinski definition) is 2. The summed E-state index contributed by atoms with van der Waals surface area (Å²) in [7, 11) is 0. The van der Waals surface area contributed by atoms with Crippen molar-refractivity contribution in [3.63, 3.8) is 0 Å². The highest BCUT2D eigenvalue weighted by Gasteiger charge is 2.24. The van der Waals surface area contributed by atoms with E-state index in [1.165, 1.54) is 5.56 Å². The number of rotatable bonds is 6. The first-order valence-corrected chi connectivity index (χ1v) is 7.63. The van der Waals surface area contributed by atoms with Crippen LogP contribution in [-0.4, -0.2) is 19.0 Å². The minimum atomic E-state index is -0.298. The highest BCUT2D eigenvalue weighted by molar-refractivity contribution is 5.85. The summed E-state index contributed by atoms with van der Waals surface area (Å²) in [6.45, 7) is 5.14. The van der Waals surface area contributed by atoms with Gasteiger partial charge in [-0.3, -0.25) is 4.79 Å². The van der Waals surface area contributed by atoms with Gasteiger partial charge in [-0.05, 0) is 11.1 Å². The van der Waals surface area contributed by atoms with E-state index in [-0.39, 0.29) is 29.6 Å². The molecule has 23 heavy (non-hydrogen) atoms. The zero-order chi connectivity index (χ0) is 16.0. The minimum Gasteiger partial charge on any atom is -0.355 e. The molecule has 0 aliphatic rings. The summed E-state index contributed by atoms with van der Waals surface area (Å²) in [6, 6.07) is 19.9. The van der Waals surface area contributed by atoms with Crippen molar-refractivity contribution in [1.29, 1.82) is 0 Å². The fourth-order valence-electron chi connectivity index (χ4n) is 2.50. The molecule has 0 heterocycles. The Labute approximate surface area is 144 Å². The fourth-order valence-corrected chi connectivity index (χ4v) is 2.50. The summed E-state index contributed by atoms with van der Waals surface area (Å²) in [5.41, 5.74) is 7.84. The summed E-state index contributed by atoms with van der Waals surface area (Å²) in [5, 5.41) is 3.05. The lowest BCUT2D eigenvalue weighted by molar-refractivity contribution is -0.122. The van der Waals surface area contributed by atoms with E-state index >= 15 is 0 Å². The molecule has 1 atom stereocenters. The third kappa shape index (κ3) is 5.08. The average molecular weight is 333 g/mol. The summed E-state index contributed by atoms with van der Waals surface area (Å²) >= 11 is 0. The van der Waals surface area contributed by atoms with Gasteiger partial charge in [-0.15, -0.1) is 12.4 Å². The largest absolute Gasteiger partial charge is 0.355 e. The smallest absolute Gasteiger partial charge is 0.228 e. The van der Waals surface area contributed by atoms with Gasteiger partial charge in [0.05, 0.1) is 5.92 Å². The molecule has 0 spiro atoms. The van der Waals surface area contributed by atoms with Gasteiger partial charge in [0.25, 0.3) is 0 Å². The molecule has 0 saturated heterocycles. The van der Waals surface area contributed by atoms with Gasteiger partial charge in [-0.2, -0.15) is 0 Å². The molecule has 0 fully saturated rings. The molecule has 0 bridgehead atoms. The van der Waals surface area contributed by atoms with Crippen LogP contribution in [0.15, 0.2) is 60.7 Å². The van der Waals surface area contributed by atoms with E-state index in [2.05, 4.69) is 31.3 Å². The monoisotopic (exact) mass is 332 g/mol. The van der Waals surface area contributed by atoms with Gasteiger partial charge in [0.2, 0.25) is 5.91 Å². The first-order chi connectivity index (χ1) is 10.5. The number of carbonyl (C=O) groups excluding carboxylic acids is 1. The quantitative estimate of drug-likeness (QED) is 0.853. The lowest BCUT2D eigenvalue weighted by Crippen LogP contribution is -2.40. The Bertz CT molecular complexity index is 599. The van der Waals surface area contributed by atoms with Crippen molar-refractivity contribution in [2.75, 3.05) is 13.1 Å². The zero-order valence-corrected chi connectivity index (χ0v) is 14.5. The Hall–Kier alpha value is -1.84. The van der Waals surface area contributed by atoms with Crippen LogP contribution in [0.3, 0.4) is 0 Å². The van der Waals surface area contributed by atoms with Crippen LogP contribution in [0, 0.1) is 0 Å². The predicted molar refractivity (Wildman–Crippen MR) is 98.0 cm³/mol. The van der Waals surface area contributed by atoms with Crippen molar-refractivity contribution in [2.24, 2.45) is 5.73 Å². The number of amides is 1. The van der Waals surface area contributed by atoms with E-state index in [4.69, 9.17) is 5.73 Å². The number of carbonyl (C=O) groups is 1. The van der Waals surface area contributed by atoms with Gasteiger partial charge in [0.15, 0.2) is 0 Å². The Morgan fingerprint density at radius 3 is 2.09 bits per heavy atom. The summed E-state index contributed by atoms with van der Waals surface area (Å²) in [4.78, 5) is 12.5. The molecule has 4 heteroatoms. The van der Waals surface area contributed by atoms with Crippen molar-refractivity contribution in [3.8, 4) is 0 Å². The van der Waals surface area contributed by atoms with Crippen LogP contribution in [0.4, 0.5) is 0 Å². The zero-order valence-electron chi connectivity index (χ0n) is 13.7. The van der Waals surface area contributed by atoms with Gasteiger partial charge < -0.3 is 11.1 Å². The first kappa shape index (κ1) is 19.2. The molecule has 124 valence electrons. The number of halogens is 1. The maximum Gasteiger partial charge on any atom is 0.228 e. The first-order valence-electron chi connectivity index (χ1n) is 7.63. The van der Waals surface area contributed by atoms with E-state index in [1.54, 1.807) is 0 Å². The Morgan fingerprint density at radius 2 is 1.57 bits per heavy atom. The second-order valence-electron chi connectivity index (χ2n) is 6.17. The molecule has 2 aromatic carbocycles. The molecule has 0 radical (unpaired) electrons. The molecule has 3 nitrogen and oxygen atoms in total. The molecule has 0 aliphatic carbocycles. The Balaban J connectivity index is 0.00000264. The van der Waals surface area contributed by atoms with E-state index in [1.807, 2.05) is 48.5 Å². The van der Waals surface area contributed by atoms with E-state index in [0.29, 0.717) is 13.1 Å². The highest BCUT2D eigenvalue weighted by Crippen LogP contribution is 2.22. The van der Waals surface area contributed by atoms with E-state index < -0.39 is 0 Å². The lowest BCUT2D eigenvalue weighted by Gasteiger charge is -2.27. The highest BCUT2D eigenvalue weighted by atomic mass is 35.5. The number of nitrogens with one attached hydrogen (secondary N) is 1. The molecule has 1 unspecified atom stereocenters. The summed E-state index contributed by atoms with van der Waals surface area (Å²) in [5.74, 6) is -0.314. The second kappa shape index (κ2) is 8.70. The van der Waals surface area contributed by atoms with Gasteiger partial charge in [-0.1, -0.05) is 74.5 Å². The van der Waals surface area contributed by atoms with Gasteiger partial charge in [0, 0.05) is 18.5 Å². The molecular weight excluding hydrogens is 308 g/mol. The molecule has 0 aliphatic heterocycles. The normalized spacial score (nSPS) is 12.1. The van der Waals surface area contributed by atoms with Crippen LogP contribution in [0.1, 0.15) is 30.9 Å². The van der Waals surface area contributed by atoms with Gasteiger partial charge in [-0.25, -0.2) is 0 Å². The minimum absolute atomic E-state index is 0. The summed E-state index contributed by atoms with van der Waals surface area (Å²) in [6.07, 6.45) is 0. The molecule has 0 aromatic heterocycles. The van der Waals surface area contributed by atoms with Gasteiger partial charge in [0.1, 0.15) is 0 Å². The topological polar surface area (TPSA) is 55.1 Å². The van der Waals surface area contributed by atoms with Crippen LogP contribution < -0.4 is 11.1 Å². The number of nitrogens with two attached hydrogens (primary N) is 1. The van der Waals surface area contributed by atoms with E-state index in [0.717, 1.165) is 5.56 Å². The van der Waals surface area contributed by atoms with Crippen molar-refractivity contribution < 1.29 is 4.79 Å². The Morgan fingerprint density at radius 1 is 1.04 bits per heavy atom. The van der Waals surface area contributed by atoms with E-state index in [9.17, 15) is 4.79 Å². The molecular formula is C19H25ClN2O. The number of benzene rings is 2. The maximum absolute atomic E-state index is 12.5. The molecule has 0 saturated carbocycles. The van der Waals surface area contributed by atoms with Crippen LogP contribution >= 0.6 is 12.4 Å². The number of hydrogen-bond acceptors (Lipinski definition) is 2. The van der Waals surface area contributed by atoms with Crippen LogP contribution in [-0.2, 0) is 10.2 Å². The second-order valence-corrected chi connectivity index (χ2v) is 6.17. The maximum atomic E-state index is 12.5. The van der Waals surface area contributed by atoms with Gasteiger partial charge >= 0.3 is 0 Å². The summed E-state index contributed by atoms with van der Waals surface area (Å²) < 4.78 is 0. The van der Waals surface area contributed by atoms with Crippen LogP contribution in [0.5, 0.6) is 0 Å². The SMILES string of the molecule is CC(C)(CNC(=O)C(CN)c1ccccc1)c1ccccc1.Cl. The van der Waals surface area contributed by atoms with Crippen molar-refractivity contribution in [2.45, 2.75) is 25.2 Å². The third-order valence-electron chi connectivity index (χ3n) is 4.01. The predicted octanol–water partition coefficient (Wildman–Crippen LogP) is 3.24. The van der Waals surface area contributed by atoms with Crippen LogP contribution in [0.25, 0.3) is 0 Å². The standard InChI is InChI=1S/C19H24N2O.ClH/c1-19(2,16-11-7-4-8-12-16)14-21-18(22)17(13-20)15-9-5-3-6-10-15;/h3-12,17H,13-14,20H2,1-2H3,(H,21,22);1H. The molecule has 2 aromatic rings. The fraction of sp³-hybridized carbons (Fsp3) is 0.316. The Kier molecular flexibility index (Phi) is 7.27. The van der Waals surface area contributed by atoms with Crippen molar-refractivity contribution in [1.82, 2.24) is 5.32 Å². The molecule has 2 rings (SSSR count).